The van der Waals surface area contributed by atoms with Crippen LogP contribution < -0.4 is 15.2 Å². The third kappa shape index (κ3) is 3.96. The molecule has 0 bridgehead atoms. The number of aromatic amines is 1. The van der Waals surface area contributed by atoms with Crippen LogP contribution in [0.4, 0.5) is 10.3 Å². The highest BCUT2D eigenvalue weighted by Crippen LogP contribution is 2.24. The summed E-state index contributed by atoms with van der Waals surface area (Å²) < 4.78 is 18.5. The molecular formula is C20H17FN4O2. The summed E-state index contributed by atoms with van der Waals surface area (Å²) in [5.74, 6) is 0.612. The highest BCUT2D eigenvalue weighted by Gasteiger charge is 2.15. The Hall–Kier alpha value is -3.66. The largest absolute Gasteiger partial charge is 0.497 e. The number of aromatic nitrogens is 2. The zero-order valence-corrected chi connectivity index (χ0v) is 14.9. The minimum absolute atomic E-state index is 0.0666. The van der Waals surface area contributed by atoms with Crippen LogP contribution in [0.5, 0.6) is 5.75 Å². The number of methoxy groups -OCH3 is 1. The molecule has 0 radical (unpaired) electrons. The Bertz CT molecular complexity index is 1050. The molecule has 0 aliphatic carbocycles. The summed E-state index contributed by atoms with van der Waals surface area (Å²) in [5.41, 5.74) is 1.04. The second-order valence-electron chi connectivity index (χ2n) is 5.94. The van der Waals surface area contributed by atoms with Gasteiger partial charge in [-0.15, -0.1) is 0 Å². The first-order valence-corrected chi connectivity index (χ1v) is 8.16. The van der Waals surface area contributed by atoms with Gasteiger partial charge >= 0.3 is 0 Å². The molecule has 27 heavy (non-hydrogen) atoms. The Morgan fingerprint density at radius 3 is 2.63 bits per heavy atom. The van der Waals surface area contributed by atoms with Crippen LogP contribution in [0, 0.1) is 17.1 Å². The lowest BCUT2D eigenvalue weighted by Crippen LogP contribution is -2.24. The summed E-state index contributed by atoms with van der Waals surface area (Å²) in [4.78, 5) is 21.1. The summed E-state index contributed by atoms with van der Waals surface area (Å²) in [5, 5.41) is 9.37. The Balaban J connectivity index is 2.00. The lowest BCUT2D eigenvalue weighted by atomic mass is 10.1. The molecule has 1 aromatic heterocycles. The van der Waals surface area contributed by atoms with Crippen LogP contribution in [0.15, 0.2) is 53.3 Å². The normalized spacial score (nSPS) is 10.3. The molecule has 0 saturated carbocycles. The zero-order valence-electron chi connectivity index (χ0n) is 14.9. The molecule has 0 spiro atoms. The third-order valence-electron chi connectivity index (χ3n) is 4.05. The second-order valence-corrected chi connectivity index (χ2v) is 5.94. The van der Waals surface area contributed by atoms with Gasteiger partial charge in [0.05, 0.1) is 12.8 Å². The Morgan fingerprint density at radius 1 is 1.26 bits per heavy atom. The van der Waals surface area contributed by atoms with Crippen LogP contribution in [0.25, 0.3) is 11.3 Å². The quantitative estimate of drug-likeness (QED) is 0.752. The highest BCUT2D eigenvalue weighted by atomic mass is 19.1. The minimum atomic E-state index is -0.528. The van der Waals surface area contributed by atoms with Gasteiger partial charge in [-0.2, -0.15) is 5.26 Å². The van der Waals surface area contributed by atoms with Crippen LogP contribution in [0.1, 0.15) is 11.1 Å². The zero-order chi connectivity index (χ0) is 19.4. The number of hydrogen-bond acceptors (Lipinski definition) is 5. The van der Waals surface area contributed by atoms with E-state index in [0.717, 1.165) is 5.56 Å². The molecule has 0 fully saturated rings. The van der Waals surface area contributed by atoms with Crippen molar-refractivity contribution in [3.63, 3.8) is 0 Å². The minimum Gasteiger partial charge on any atom is -0.497 e. The number of anilines is 1. The molecule has 0 amide bonds. The van der Waals surface area contributed by atoms with E-state index in [4.69, 9.17) is 4.74 Å². The number of rotatable bonds is 5. The van der Waals surface area contributed by atoms with E-state index in [2.05, 4.69) is 9.97 Å². The maximum absolute atomic E-state index is 13.4. The van der Waals surface area contributed by atoms with Gasteiger partial charge < -0.3 is 9.64 Å². The number of ether oxygens (including phenoxy) is 1. The monoisotopic (exact) mass is 364 g/mol. The van der Waals surface area contributed by atoms with Crippen molar-refractivity contribution in [2.24, 2.45) is 0 Å². The Morgan fingerprint density at radius 2 is 2.00 bits per heavy atom. The van der Waals surface area contributed by atoms with Gasteiger partial charge in [0.25, 0.3) is 5.56 Å². The molecular weight excluding hydrogens is 347 g/mol. The summed E-state index contributed by atoms with van der Waals surface area (Å²) >= 11 is 0. The number of halogens is 1. The van der Waals surface area contributed by atoms with Crippen molar-refractivity contribution >= 4 is 5.95 Å². The van der Waals surface area contributed by atoms with Gasteiger partial charge in [-0.25, -0.2) is 9.37 Å². The molecule has 7 heteroatoms. The number of H-pyrrole nitrogens is 1. The average molecular weight is 364 g/mol. The van der Waals surface area contributed by atoms with Gasteiger partial charge in [-0.3, -0.25) is 9.78 Å². The number of nitrogens with one attached hydrogen (secondary N) is 1. The fourth-order valence-electron chi connectivity index (χ4n) is 2.69. The molecule has 3 rings (SSSR count). The van der Waals surface area contributed by atoms with E-state index in [0.29, 0.717) is 17.9 Å². The lowest BCUT2D eigenvalue weighted by Gasteiger charge is -2.19. The van der Waals surface area contributed by atoms with Gasteiger partial charge in [0.2, 0.25) is 5.95 Å². The van der Waals surface area contributed by atoms with Crippen molar-refractivity contribution < 1.29 is 9.13 Å². The molecule has 6 nitrogen and oxygen atoms in total. The van der Waals surface area contributed by atoms with E-state index >= 15 is 0 Å². The van der Waals surface area contributed by atoms with Crippen molar-refractivity contribution in [1.29, 1.82) is 5.26 Å². The predicted molar refractivity (Wildman–Crippen MR) is 100 cm³/mol. The molecule has 1 N–H and O–H groups in total. The summed E-state index contributed by atoms with van der Waals surface area (Å²) in [6.45, 7) is 0.342. The van der Waals surface area contributed by atoms with Gasteiger partial charge in [-0.05, 0) is 42.0 Å². The summed E-state index contributed by atoms with van der Waals surface area (Å²) in [6, 6.07) is 15.0. The van der Waals surface area contributed by atoms with Gasteiger partial charge in [-0.1, -0.05) is 12.1 Å². The van der Waals surface area contributed by atoms with Gasteiger partial charge in [0.15, 0.2) is 0 Å². The first kappa shape index (κ1) is 18.1. The molecule has 0 unspecified atom stereocenters. The van der Waals surface area contributed by atoms with Crippen LogP contribution in [0.2, 0.25) is 0 Å². The van der Waals surface area contributed by atoms with E-state index in [1.807, 2.05) is 6.07 Å². The molecule has 2 aromatic carbocycles. The van der Waals surface area contributed by atoms with Crippen LogP contribution in [-0.4, -0.2) is 24.1 Å². The van der Waals surface area contributed by atoms with Crippen molar-refractivity contribution in [3.05, 3.63) is 75.8 Å². The first-order valence-electron chi connectivity index (χ1n) is 8.16. The molecule has 1 heterocycles. The third-order valence-corrected chi connectivity index (χ3v) is 4.05. The van der Waals surface area contributed by atoms with Gasteiger partial charge in [0, 0.05) is 19.2 Å². The van der Waals surface area contributed by atoms with E-state index in [-0.39, 0.29) is 23.0 Å². The van der Waals surface area contributed by atoms with Gasteiger partial charge in [0.1, 0.15) is 23.2 Å². The smallest absolute Gasteiger partial charge is 0.270 e. The number of benzene rings is 2. The SMILES string of the molecule is COc1ccc(-c2nc(N(C)Cc3cccc(F)c3)[nH]c(=O)c2C#N)cc1. The standard InChI is InChI=1S/C20H17FN4O2/c1-25(12-13-4-3-5-15(21)10-13)20-23-18(17(11-22)19(26)24-20)14-6-8-16(27-2)9-7-14/h3-10H,12H2,1-2H3,(H,23,24,26). The molecule has 0 aliphatic rings. The topological polar surface area (TPSA) is 82.0 Å². The van der Waals surface area contributed by atoms with Crippen molar-refractivity contribution in [2.75, 3.05) is 19.1 Å². The van der Waals surface area contributed by atoms with Crippen molar-refractivity contribution in [2.45, 2.75) is 6.54 Å². The first-order chi connectivity index (χ1) is 13.0. The highest BCUT2D eigenvalue weighted by molar-refractivity contribution is 5.67. The lowest BCUT2D eigenvalue weighted by molar-refractivity contribution is 0.415. The maximum atomic E-state index is 13.4. The molecule has 136 valence electrons. The molecule has 3 aromatic rings. The van der Waals surface area contributed by atoms with Crippen LogP contribution in [-0.2, 0) is 6.54 Å². The second kappa shape index (κ2) is 7.70. The van der Waals surface area contributed by atoms with E-state index in [1.165, 1.54) is 12.1 Å². The number of hydrogen-bond donors (Lipinski definition) is 1. The molecule has 0 atom stereocenters. The van der Waals surface area contributed by atoms with Crippen LogP contribution in [0.3, 0.4) is 0 Å². The van der Waals surface area contributed by atoms with E-state index in [1.54, 1.807) is 55.5 Å². The molecule has 0 saturated heterocycles. The van der Waals surface area contributed by atoms with E-state index < -0.39 is 5.56 Å². The Kier molecular flexibility index (Phi) is 5.18. The Labute approximate surface area is 155 Å². The fourth-order valence-corrected chi connectivity index (χ4v) is 2.69. The van der Waals surface area contributed by atoms with Crippen molar-refractivity contribution in [3.8, 4) is 23.1 Å². The number of nitriles is 1. The maximum Gasteiger partial charge on any atom is 0.270 e. The molecule has 0 aliphatic heterocycles. The predicted octanol–water partition coefficient (Wildman–Crippen LogP) is 3.09. The summed E-state index contributed by atoms with van der Waals surface area (Å²) in [7, 11) is 3.29. The van der Waals surface area contributed by atoms with Crippen molar-refractivity contribution in [1.82, 2.24) is 9.97 Å². The van der Waals surface area contributed by atoms with E-state index in [9.17, 15) is 14.4 Å². The fraction of sp³-hybridized carbons (Fsp3) is 0.150. The number of nitrogens with zero attached hydrogens (tertiary/aromatic N) is 3. The van der Waals surface area contributed by atoms with Crippen LogP contribution >= 0.6 is 0 Å². The average Bonchev–Trinajstić information content (AvgIpc) is 2.67. The summed E-state index contributed by atoms with van der Waals surface area (Å²) in [6.07, 6.45) is 0.